The summed E-state index contributed by atoms with van der Waals surface area (Å²) >= 11 is 6.10. The van der Waals surface area contributed by atoms with Crippen LogP contribution in [0.5, 0.6) is 5.75 Å². The first kappa shape index (κ1) is 18.9. The van der Waals surface area contributed by atoms with Crippen molar-refractivity contribution in [2.24, 2.45) is 0 Å². The van der Waals surface area contributed by atoms with Crippen LogP contribution >= 0.6 is 11.6 Å². The van der Waals surface area contributed by atoms with Crippen LogP contribution in [-0.2, 0) is 11.3 Å². The van der Waals surface area contributed by atoms with Crippen LogP contribution in [0.15, 0.2) is 54.6 Å². The molecule has 0 radical (unpaired) electrons. The number of phenolic OH excluding ortho intramolecular Hbond substituents is 1. The third kappa shape index (κ3) is 5.32. The molecule has 0 aliphatic carbocycles. The highest BCUT2D eigenvalue weighted by atomic mass is 35.5. The molecule has 2 N–H and O–H groups in total. The van der Waals surface area contributed by atoms with E-state index >= 15 is 0 Å². The summed E-state index contributed by atoms with van der Waals surface area (Å²) in [6.45, 7) is 2.98. The van der Waals surface area contributed by atoms with Crippen LogP contribution in [0.25, 0.3) is 5.57 Å². The molecule has 0 aromatic heterocycles. The molecule has 0 bridgehead atoms. The molecule has 5 heteroatoms. The molecule has 0 amide bonds. The van der Waals surface area contributed by atoms with Gasteiger partial charge in [-0.1, -0.05) is 48.0 Å². The maximum atomic E-state index is 10.2. The maximum absolute atomic E-state index is 10.2. The lowest BCUT2D eigenvalue weighted by atomic mass is 9.99. The molecule has 1 aliphatic rings. The summed E-state index contributed by atoms with van der Waals surface area (Å²) in [5.41, 5.74) is 3.36. The van der Waals surface area contributed by atoms with E-state index in [1.54, 1.807) is 12.1 Å². The molecule has 1 atom stereocenters. The number of aromatic hydroxyl groups is 1. The SMILES string of the molecule is Oc1ccc(C2=CCN(C[C@@H](O)COCc3ccccc3Cl)CC2)cc1. The lowest BCUT2D eigenvalue weighted by Gasteiger charge is -2.28. The van der Waals surface area contributed by atoms with Crippen LogP contribution < -0.4 is 0 Å². The monoisotopic (exact) mass is 373 g/mol. The molecular weight excluding hydrogens is 350 g/mol. The van der Waals surface area contributed by atoms with Crippen molar-refractivity contribution >= 4 is 17.2 Å². The predicted octanol–water partition coefficient (Wildman–Crippen LogP) is 3.71. The molecule has 26 heavy (non-hydrogen) atoms. The summed E-state index contributed by atoms with van der Waals surface area (Å²) < 4.78 is 5.61. The fourth-order valence-electron chi connectivity index (χ4n) is 3.09. The van der Waals surface area contributed by atoms with E-state index in [1.165, 1.54) is 5.57 Å². The number of phenols is 1. The Hall–Kier alpha value is -1.85. The summed E-state index contributed by atoms with van der Waals surface area (Å²) in [5, 5.41) is 20.3. The van der Waals surface area contributed by atoms with Crippen LogP contribution in [0, 0.1) is 0 Å². The highest BCUT2D eigenvalue weighted by Gasteiger charge is 2.16. The van der Waals surface area contributed by atoms with Gasteiger partial charge < -0.3 is 14.9 Å². The van der Waals surface area contributed by atoms with Crippen molar-refractivity contribution in [2.45, 2.75) is 19.1 Å². The molecule has 0 saturated heterocycles. The second-order valence-corrected chi connectivity index (χ2v) is 6.95. The Morgan fingerprint density at radius 2 is 1.88 bits per heavy atom. The molecule has 1 heterocycles. The Morgan fingerprint density at radius 3 is 2.58 bits per heavy atom. The van der Waals surface area contributed by atoms with Gasteiger partial charge in [0, 0.05) is 24.7 Å². The van der Waals surface area contributed by atoms with Crippen LogP contribution in [0.4, 0.5) is 0 Å². The Labute approximate surface area is 159 Å². The van der Waals surface area contributed by atoms with Crippen LogP contribution in [-0.4, -0.2) is 47.5 Å². The number of halogens is 1. The van der Waals surface area contributed by atoms with E-state index in [0.29, 0.717) is 18.2 Å². The number of nitrogens with zero attached hydrogens (tertiary/aromatic N) is 1. The molecule has 3 rings (SSSR count). The van der Waals surface area contributed by atoms with Crippen molar-refractivity contribution in [3.8, 4) is 5.75 Å². The second-order valence-electron chi connectivity index (χ2n) is 6.55. The van der Waals surface area contributed by atoms with Crippen molar-refractivity contribution in [1.29, 1.82) is 0 Å². The number of rotatable bonds is 7. The molecule has 2 aromatic rings. The zero-order chi connectivity index (χ0) is 18.4. The number of ether oxygens (including phenoxy) is 1. The predicted molar refractivity (Wildman–Crippen MR) is 104 cm³/mol. The van der Waals surface area contributed by atoms with Gasteiger partial charge in [0.05, 0.1) is 19.3 Å². The average molecular weight is 374 g/mol. The zero-order valence-corrected chi connectivity index (χ0v) is 15.4. The van der Waals surface area contributed by atoms with E-state index in [-0.39, 0.29) is 12.4 Å². The third-order valence-corrected chi connectivity index (χ3v) is 4.89. The molecule has 0 saturated carbocycles. The van der Waals surface area contributed by atoms with Gasteiger partial charge in [-0.2, -0.15) is 0 Å². The summed E-state index contributed by atoms with van der Waals surface area (Å²) in [6.07, 6.45) is 2.59. The maximum Gasteiger partial charge on any atom is 0.115 e. The third-order valence-electron chi connectivity index (χ3n) is 4.53. The lowest BCUT2D eigenvalue weighted by molar-refractivity contribution is 0.0115. The van der Waals surface area contributed by atoms with E-state index < -0.39 is 6.10 Å². The highest BCUT2D eigenvalue weighted by Crippen LogP contribution is 2.24. The van der Waals surface area contributed by atoms with E-state index in [9.17, 15) is 10.2 Å². The lowest BCUT2D eigenvalue weighted by Crippen LogP contribution is -2.37. The van der Waals surface area contributed by atoms with Gasteiger partial charge in [0.2, 0.25) is 0 Å². The summed E-state index contributed by atoms with van der Waals surface area (Å²) in [4.78, 5) is 2.22. The molecule has 4 nitrogen and oxygen atoms in total. The molecule has 0 unspecified atom stereocenters. The number of aliphatic hydroxyl groups excluding tert-OH is 1. The van der Waals surface area contributed by atoms with Crippen LogP contribution in [0.3, 0.4) is 0 Å². The summed E-state index contributed by atoms with van der Waals surface area (Å²) in [7, 11) is 0. The van der Waals surface area contributed by atoms with Crippen molar-refractivity contribution in [3.63, 3.8) is 0 Å². The summed E-state index contributed by atoms with van der Waals surface area (Å²) in [6, 6.07) is 14.9. The fourth-order valence-corrected chi connectivity index (χ4v) is 3.28. The number of hydrogen-bond donors (Lipinski definition) is 2. The van der Waals surface area contributed by atoms with Gasteiger partial charge in [-0.15, -0.1) is 0 Å². The minimum absolute atomic E-state index is 0.284. The van der Waals surface area contributed by atoms with Gasteiger partial charge in [-0.3, -0.25) is 4.90 Å². The Kier molecular flexibility index (Phi) is 6.69. The largest absolute Gasteiger partial charge is 0.508 e. The van der Waals surface area contributed by atoms with Gasteiger partial charge in [0.1, 0.15) is 5.75 Å². The van der Waals surface area contributed by atoms with Crippen LogP contribution in [0.1, 0.15) is 17.5 Å². The van der Waals surface area contributed by atoms with Crippen molar-refractivity contribution in [1.82, 2.24) is 4.90 Å². The number of hydrogen-bond acceptors (Lipinski definition) is 4. The Balaban J connectivity index is 1.42. The Bertz CT molecular complexity index is 745. The summed E-state index contributed by atoms with van der Waals surface area (Å²) in [5.74, 6) is 0.284. The molecular formula is C21H24ClNO3. The first-order valence-electron chi connectivity index (χ1n) is 8.82. The van der Waals surface area contributed by atoms with Crippen molar-refractivity contribution in [3.05, 3.63) is 70.8 Å². The standard InChI is InChI=1S/C21H24ClNO3/c22-21-4-2-1-3-18(21)14-26-15-20(25)13-23-11-9-17(10-12-23)16-5-7-19(24)8-6-16/h1-9,20,24-25H,10-15H2/t20-/m1/s1. The second kappa shape index (κ2) is 9.19. The number of aliphatic hydroxyl groups is 1. The topological polar surface area (TPSA) is 52.9 Å². The Morgan fingerprint density at radius 1 is 1.12 bits per heavy atom. The van der Waals surface area contributed by atoms with Crippen LogP contribution in [0.2, 0.25) is 5.02 Å². The first-order valence-corrected chi connectivity index (χ1v) is 9.19. The normalized spacial score (nSPS) is 16.3. The number of β-amino-alcohol motifs (C(OH)–C–C–N with tert-alkyl or cyclic N) is 1. The van der Waals surface area contributed by atoms with Crippen molar-refractivity contribution < 1.29 is 14.9 Å². The zero-order valence-electron chi connectivity index (χ0n) is 14.6. The minimum atomic E-state index is -0.527. The van der Waals surface area contributed by atoms with E-state index in [2.05, 4.69) is 11.0 Å². The van der Waals surface area contributed by atoms with Gasteiger partial charge in [0.25, 0.3) is 0 Å². The molecule has 0 fully saturated rings. The van der Waals surface area contributed by atoms with E-state index in [1.807, 2.05) is 36.4 Å². The van der Waals surface area contributed by atoms with Gasteiger partial charge in [-0.25, -0.2) is 0 Å². The molecule has 0 spiro atoms. The quantitative estimate of drug-likeness (QED) is 0.776. The molecule has 138 valence electrons. The minimum Gasteiger partial charge on any atom is -0.508 e. The average Bonchev–Trinajstić information content (AvgIpc) is 2.65. The number of benzene rings is 2. The van der Waals surface area contributed by atoms with E-state index in [4.69, 9.17) is 16.3 Å². The first-order chi connectivity index (χ1) is 12.6. The van der Waals surface area contributed by atoms with E-state index in [0.717, 1.165) is 30.6 Å². The smallest absolute Gasteiger partial charge is 0.115 e. The molecule has 1 aliphatic heterocycles. The van der Waals surface area contributed by atoms with Crippen molar-refractivity contribution in [2.75, 3.05) is 26.2 Å². The van der Waals surface area contributed by atoms with Gasteiger partial charge >= 0.3 is 0 Å². The van der Waals surface area contributed by atoms with Gasteiger partial charge in [-0.05, 0) is 41.3 Å². The van der Waals surface area contributed by atoms with Gasteiger partial charge in [0.15, 0.2) is 0 Å². The highest BCUT2D eigenvalue weighted by molar-refractivity contribution is 6.31. The fraction of sp³-hybridized carbons (Fsp3) is 0.333. The molecule has 2 aromatic carbocycles.